The fraction of sp³-hybridized carbons (Fsp3) is 0.929. The van der Waals surface area contributed by atoms with Crippen LogP contribution in [-0.4, -0.2) is 37.1 Å². The molecule has 1 aliphatic carbocycles. The first-order chi connectivity index (χ1) is 7.98. The zero-order chi connectivity index (χ0) is 12.9. The van der Waals surface area contributed by atoms with Crippen LogP contribution in [0.2, 0.25) is 0 Å². The van der Waals surface area contributed by atoms with Crippen molar-refractivity contribution in [2.24, 2.45) is 5.41 Å². The van der Waals surface area contributed by atoms with Crippen LogP contribution in [0.4, 0.5) is 0 Å². The molecule has 1 rings (SSSR count). The molecule has 1 N–H and O–H groups in total. The van der Waals surface area contributed by atoms with Crippen molar-refractivity contribution in [2.45, 2.75) is 58.5 Å². The quantitative estimate of drug-likeness (QED) is 0.798. The van der Waals surface area contributed by atoms with E-state index in [1.807, 2.05) is 6.92 Å². The second-order valence-electron chi connectivity index (χ2n) is 6.07. The first kappa shape index (κ1) is 14.5. The summed E-state index contributed by atoms with van der Waals surface area (Å²) < 4.78 is 0. The fourth-order valence-corrected chi connectivity index (χ4v) is 2.66. The highest BCUT2D eigenvalue weighted by Crippen LogP contribution is 2.36. The molecule has 1 fully saturated rings. The van der Waals surface area contributed by atoms with E-state index < -0.39 is 0 Å². The normalized spacial score (nSPS) is 22.4. The van der Waals surface area contributed by atoms with E-state index in [9.17, 15) is 0 Å². The highest BCUT2D eigenvalue weighted by molar-refractivity contribution is 4.93. The van der Waals surface area contributed by atoms with Gasteiger partial charge in [0.2, 0.25) is 0 Å². The summed E-state index contributed by atoms with van der Waals surface area (Å²) in [6, 6.07) is 2.97. The van der Waals surface area contributed by atoms with Gasteiger partial charge in [0.15, 0.2) is 0 Å². The van der Waals surface area contributed by atoms with Crippen LogP contribution < -0.4 is 5.32 Å². The van der Waals surface area contributed by atoms with E-state index in [0.717, 1.165) is 13.1 Å². The molecule has 1 unspecified atom stereocenters. The summed E-state index contributed by atoms with van der Waals surface area (Å²) in [6.07, 6.45) is 5.16. The lowest BCUT2D eigenvalue weighted by Crippen LogP contribution is -2.44. The third-order valence-electron chi connectivity index (χ3n) is 4.01. The Bertz CT molecular complexity index is 257. The second kappa shape index (κ2) is 6.37. The molecule has 0 bridgehead atoms. The molecule has 3 heteroatoms. The molecular weight excluding hydrogens is 210 g/mol. The van der Waals surface area contributed by atoms with E-state index >= 15 is 0 Å². The average molecular weight is 237 g/mol. The number of hydrogen-bond acceptors (Lipinski definition) is 3. The molecule has 0 heterocycles. The first-order valence-corrected chi connectivity index (χ1v) is 6.82. The van der Waals surface area contributed by atoms with Gasteiger partial charge >= 0.3 is 0 Å². The van der Waals surface area contributed by atoms with Crippen molar-refractivity contribution in [3.63, 3.8) is 0 Å². The van der Waals surface area contributed by atoms with E-state index in [2.05, 4.69) is 37.2 Å². The minimum atomic E-state index is -0.0278. The molecule has 0 spiro atoms. The summed E-state index contributed by atoms with van der Waals surface area (Å²) in [6.45, 7) is 8.48. The van der Waals surface area contributed by atoms with Crippen LogP contribution in [0.1, 0.15) is 46.5 Å². The van der Waals surface area contributed by atoms with Gasteiger partial charge in [0.25, 0.3) is 0 Å². The number of nitrogens with zero attached hydrogens (tertiary/aromatic N) is 2. The lowest BCUT2D eigenvalue weighted by molar-refractivity contribution is 0.124. The standard InChI is InChI=1S/C14H27N3/c1-5-16-12(10-15)11-17(4)13-6-8-14(2,3)9-7-13/h12-13,16H,5-9,11H2,1-4H3. The molecule has 0 saturated heterocycles. The summed E-state index contributed by atoms with van der Waals surface area (Å²) in [5.41, 5.74) is 0.521. The highest BCUT2D eigenvalue weighted by atomic mass is 15.2. The zero-order valence-electron chi connectivity index (χ0n) is 11.8. The maximum Gasteiger partial charge on any atom is 0.108 e. The van der Waals surface area contributed by atoms with E-state index in [4.69, 9.17) is 5.26 Å². The van der Waals surface area contributed by atoms with Crippen LogP contribution in [0.5, 0.6) is 0 Å². The summed E-state index contributed by atoms with van der Waals surface area (Å²) in [7, 11) is 2.16. The molecule has 3 nitrogen and oxygen atoms in total. The monoisotopic (exact) mass is 237 g/mol. The van der Waals surface area contributed by atoms with Crippen LogP contribution in [0, 0.1) is 16.7 Å². The van der Waals surface area contributed by atoms with Crippen molar-refractivity contribution < 1.29 is 0 Å². The maximum absolute atomic E-state index is 9.05. The highest BCUT2D eigenvalue weighted by Gasteiger charge is 2.29. The summed E-state index contributed by atoms with van der Waals surface area (Å²) in [5.74, 6) is 0. The Morgan fingerprint density at radius 1 is 1.41 bits per heavy atom. The van der Waals surface area contributed by atoms with Crippen LogP contribution in [-0.2, 0) is 0 Å². The second-order valence-corrected chi connectivity index (χ2v) is 6.07. The number of nitriles is 1. The predicted octanol–water partition coefficient (Wildman–Crippen LogP) is 2.39. The summed E-state index contributed by atoms with van der Waals surface area (Å²) in [4.78, 5) is 2.37. The summed E-state index contributed by atoms with van der Waals surface area (Å²) in [5, 5.41) is 12.3. The van der Waals surface area contributed by atoms with E-state index in [1.54, 1.807) is 0 Å². The Morgan fingerprint density at radius 2 is 2.00 bits per heavy atom. The molecule has 98 valence electrons. The average Bonchev–Trinajstić information content (AvgIpc) is 2.28. The van der Waals surface area contributed by atoms with Crippen LogP contribution in [0.15, 0.2) is 0 Å². The maximum atomic E-state index is 9.05. The number of rotatable bonds is 5. The first-order valence-electron chi connectivity index (χ1n) is 6.82. The lowest BCUT2D eigenvalue weighted by atomic mass is 9.75. The largest absolute Gasteiger partial charge is 0.301 e. The Morgan fingerprint density at radius 3 is 2.47 bits per heavy atom. The van der Waals surface area contributed by atoms with E-state index in [1.165, 1.54) is 25.7 Å². The minimum Gasteiger partial charge on any atom is -0.301 e. The predicted molar refractivity (Wildman–Crippen MR) is 71.7 cm³/mol. The zero-order valence-corrected chi connectivity index (χ0v) is 11.8. The Balaban J connectivity index is 2.38. The third kappa shape index (κ3) is 4.65. The van der Waals surface area contributed by atoms with E-state index in [-0.39, 0.29) is 6.04 Å². The van der Waals surface area contributed by atoms with Crippen molar-refractivity contribution in [3.05, 3.63) is 0 Å². The van der Waals surface area contributed by atoms with Crippen molar-refractivity contribution in [2.75, 3.05) is 20.1 Å². The van der Waals surface area contributed by atoms with Gasteiger partial charge < -0.3 is 10.2 Å². The SMILES string of the molecule is CCNC(C#N)CN(C)C1CCC(C)(C)CC1. The van der Waals surface area contributed by atoms with Crippen LogP contribution >= 0.6 is 0 Å². The fourth-order valence-electron chi connectivity index (χ4n) is 2.66. The van der Waals surface area contributed by atoms with Gasteiger partial charge in [0, 0.05) is 12.6 Å². The van der Waals surface area contributed by atoms with Gasteiger partial charge in [-0.25, -0.2) is 0 Å². The van der Waals surface area contributed by atoms with Crippen LogP contribution in [0.25, 0.3) is 0 Å². The smallest absolute Gasteiger partial charge is 0.108 e. The Kier molecular flexibility index (Phi) is 5.42. The van der Waals surface area contributed by atoms with Gasteiger partial charge in [-0.1, -0.05) is 20.8 Å². The molecule has 0 aromatic rings. The van der Waals surface area contributed by atoms with Crippen molar-refractivity contribution in [1.82, 2.24) is 10.2 Å². The molecule has 0 aromatic carbocycles. The molecule has 0 radical (unpaired) electrons. The Labute approximate surface area is 106 Å². The minimum absolute atomic E-state index is 0.0278. The third-order valence-corrected chi connectivity index (χ3v) is 4.01. The summed E-state index contributed by atoms with van der Waals surface area (Å²) >= 11 is 0. The molecule has 17 heavy (non-hydrogen) atoms. The van der Waals surface area contributed by atoms with Gasteiger partial charge in [0.05, 0.1) is 6.07 Å². The number of hydrogen-bond donors (Lipinski definition) is 1. The van der Waals surface area contributed by atoms with Gasteiger partial charge in [-0.15, -0.1) is 0 Å². The molecule has 0 aromatic heterocycles. The Hall–Kier alpha value is -0.590. The number of likely N-dealkylation sites (N-methyl/N-ethyl adjacent to an activating group) is 2. The van der Waals surface area contributed by atoms with Crippen LogP contribution in [0.3, 0.4) is 0 Å². The molecule has 0 aliphatic heterocycles. The van der Waals surface area contributed by atoms with Crippen molar-refractivity contribution in [1.29, 1.82) is 5.26 Å². The number of nitrogens with one attached hydrogen (secondary N) is 1. The molecule has 0 amide bonds. The van der Waals surface area contributed by atoms with Crippen molar-refractivity contribution >= 4 is 0 Å². The van der Waals surface area contributed by atoms with Gasteiger partial charge in [-0.2, -0.15) is 5.26 Å². The molecule has 1 saturated carbocycles. The molecule has 1 atom stereocenters. The van der Waals surface area contributed by atoms with Gasteiger partial charge in [-0.3, -0.25) is 0 Å². The molecule has 1 aliphatic rings. The van der Waals surface area contributed by atoms with Crippen molar-refractivity contribution in [3.8, 4) is 6.07 Å². The lowest BCUT2D eigenvalue weighted by Gasteiger charge is -2.39. The van der Waals surface area contributed by atoms with Gasteiger partial charge in [-0.05, 0) is 44.7 Å². The van der Waals surface area contributed by atoms with Gasteiger partial charge in [0.1, 0.15) is 6.04 Å². The molecular formula is C14H27N3. The topological polar surface area (TPSA) is 39.1 Å². The van der Waals surface area contributed by atoms with E-state index in [0.29, 0.717) is 11.5 Å².